The van der Waals surface area contributed by atoms with Crippen LogP contribution >= 0.6 is 0 Å². The van der Waals surface area contributed by atoms with Gasteiger partial charge in [0.15, 0.2) is 0 Å². The summed E-state index contributed by atoms with van der Waals surface area (Å²) >= 11 is 0. The highest BCUT2D eigenvalue weighted by molar-refractivity contribution is 5.75. The average molecular weight is 310 g/mol. The fourth-order valence-electron chi connectivity index (χ4n) is 2.05. The molecule has 0 aromatic heterocycles. The fourth-order valence-corrected chi connectivity index (χ4v) is 2.05. The Morgan fingerprint density at radius 3 is 2.30 bits per heavy atom. The number of ether oxygens (including phenoxy) is 2. The van der Waals surface area contributed by atoms with E-state index in [1.807, 2.05) is 36.4 Å². The van der Waals surface area contributed by atoms with E-state index >= 15 is 0 Å². The molecule has 0 saturated heterocycles. The molecule has 0 aliphatic rings. The minimum atomic E-state index is -0.662. The van der Waals surface area contributed by atoms with E-state index in [4.69, 9.17) is 15.7 Å². The van der Waals surface area contributed by atoms with Crippen molar-refractivity contribution in [2.75, 3.05) is 7.11 Å². The zero-order chi connectivity index (χ0) is 16.7. The van der Waals surface area contributed by atoms with Gasteiger partial charge in [-0.15, -0.1) is 0 Å². The van der Waals surface area contributed by atoms with Crippen LogP contribution in [0, 0.1) is 11.3 Å². The van der Waals surface area contributed by atoms with E-state index in [1.54, 1.807) is 12.1 Å². The maximum atomic E-state index is 11.3. The lowest BCUT2D eigenvalue weighted by atomic mass is 10.1. The molecule has 0 heterocycles. The molecular formula is C18H18N2O3. The molecule has 0 saturated carbocycles. The molecule has 2 N–H and O–H groups in total. The van der Waals surface area contributed by atoms with Gasteiger partial charge in [-0.1, -0.05) is 24.3 Å². The molecule has 0 radical (unpaired) electrons. The zero-order valence-electron chi connectivity index (χ0n) is 12.9. The van der Waals surface area contributed by atoms with Gasteiger partial charge < -0.3 is 15.2 Å². The van der Waals surface area contributed by atoms with Crippen LogP contribution in [0.2, 0.25) is 0 Å². The second-order valence-electron chi connectivity index (χ2n) is 5.08. The van der Waals surface area contributed by atoms with E-state index in [0.29, 0.717) is 18.6 Å². The quantitative estimate of drug-likeness (QED) is 0.827. The number of esters is 1. The Labute approximate surface area is 135 Å². The molecule has 0 aliphatic heterocycles. The fraction of sp³-hybridized carbons (Fsp3) is 0.222. The monoisotopic (exact) mass is 310 g/mol. The first-order valence-corrected chi connectivity index (χ1v) is 7.16. The number of nitrogens with two attached hydrogens (primary N) is 1. The van der Waals surface area contributed by atoms with E-state index < -0.39 is 12.0 Å². The van der Waals surface area contributed by atoms with E-state index in [2.05, 4.69) is 10.8 Å². The maximum absolute atomic E-state index is 11.3. The first-order valence-electron chi connectivity index (χ1n) is 7.16. The number of carbonyl (C=O) groups is 1. The number of hydrogen-bond donors (Lipinski definition) is 1. The minimum Gasteiger partial charge on any atom is -0.489 e. The van der Waals surface area contributed by atoms with Crippen molar-refractivity contribution in [1.82, 2.24) is 0 Å². The van der Waals surface area contributed by atoms with Crippen LogP contribution in [-0.2, 0) is 22.6 Å². The molecule has 0 amide bonds. The van der Waals surface area contributed by atoms with E-state index in [1.165, 1.54) is 7.11 Å². The third-order valence-corrected chi connectivity index (χ3v) is 3.37. The van der Waals surface area contributed by atoms with Gasteiger partial charge in [-0.3, -0.25) is 4.79 Å². The molecule has 1 atom stereocenters. The molecule has 0 spiro atoms. The molecule has 23 heavy (non-hydrogen) atoms. The lowest BCUT2D eigenvalue weighted by molar-refractivity contribution is -0.142. The Kier molecular flexibility index (Phi) is 5.73. The Bertz CT molecular complexity index is 688. The second kappa shape index (κ2) is 7.97. The Morgan fingerprint density at radius 2 is 1.74 bits per heavy atom. The molecule has 0 fully saturated rings. The third kappa shape index (κ3) is 4.83. The lowest BCUT2D eigenvalue weighted by Crippen LogP contribution is -2.33. The molecule has 0 aliphatic carbocycles. The van der Waals surface area contributed by atoms with Gasteiger partial charge in [0.1, 0.15) is 18.4 Å². The predicted molar refractivity (Wildman–Crippen MR) is 85.6 cm³/mol. The molecule has 0 bridgehead atoms. The van der Waals surface area contributed by atoms with Gasteiger partial charge in [0.2, 0.25) is 0 Å². The number of methoxy groups -OCH3 is 1. The smallest absolute Gasteiger partial charge is 0.322 e. The van der Waals surface area contributed by atoms with Crippen molar-refractivity contribution in [3.63, 3.8) is 0 Å². The SMILES string of the molecule is COC(=O)C(N)Cc1ccc(OCc2ccc(C#N)cc2)cc1. The summed E-state index contributed by atoms with van der Waals surface area (Å²) in [6.45, 7) is 0.423. The van der Waals surface area contributed by atoms with Gasteiger partial charge in [-0.05, 0) is 41.8 Å². The van der Waals surface area contributed by atoms with Crippen LogP contribution in [0.5, 0.6) is 5.75 Å². The topological polar surface area (TPSA) is 85.3 Å². The van der Waals surface area contributed by atoms with Crippen molar-refractivity contribution in [3.8, 4) is 11.8 Å². The van der Waals surface area contributed by atoms with Crippen molar-refractivity contribution in [2.24, 2.45) is 5.73 Å². The molecule has 5 nitrogen and oxygen atoms in total. The number of nitrogens with zero attached hydrogens (tertiary/aromatic N) is 1. The van der Waals surface area contributed by atoms with Crippen LogP contribution in [-0.4, -0.2) is 19.1 Å². The van der Waals surface area contributed by atoms with Crippen molar-refractivity contribution in [1.29, 1.82) is 5.26 Å². The summed E-state index contributed by atoms with van der Waals surface area (Å²) in [6, 6.07) is 16.1. The molecule has 5 heteroatoms. The highest BCUT2D eigenvalue weighted by atomic mass is 16.5. The first kappa shape index (κ1) is 16.5. The van der Waals surface area contributed by atoms with Crippen LogP contribution in [0.4, 0.5) is 0 Å². The first-order chi connectivity index (χ1) is 11.1. The summed E-state index contributed by atoms with van der Waals surface area (Å²) in [7, 11) is 1.32. The zero-order valence-corrected chi connectivity index (χ0v) is 12.9. The lowest BCUT2D eigenvalue weighted by Gasteiger charge is -2.10. The molecule has 2 aromatic carbocycles. The number of benzene rings is 2. The highest BCUT2D eigenvalue weighted by Gasteiger charge is 2.13. The normalized spacial score (nSPS) is 11.3. The van der Waals surface area contributed by atoms with Gasteiger partial charge in [-0.2, -0.15) is 5.26 Å². The summed E-state index contributed by atoms with van der Waals surface area (Å²) in [5.74, 6) is 0.302. The number of carbonyl (C=O) groups excluding carboxylic acids is 1. The second-order valence-corrected chi connectivity index (χ2v) is 5.08. The van der Waals surface area contributed by atoms with Crippen LogP contribution in [0.25, 0.3) is 0 Å². The van der Waals surface area contributed by atoms with Crippen molar-refractivity contribution >= 4 is 5.97 Å². The van der Waals surface area contributed by atoms with Crippen LogP contribution in [0.15, 0.2) is 48.5 Å². The maximum Gasteiger partial charge on any atom is 0.322 e. The Hall–Kier alpha value is -2.84. The summed E-state index contributed by atoms with van der Waals surface area (Å²) in [6.07, 6.45) is 0.419. The molecule has 1 unspecified atom stereocenters. The van der Waals surface area contributed by atoms with Crippen molar-refractivity contribution < 1.29 is 14.3 Å². The van der Waals surface area contributed by atoms with Crippen LogP contribution < -0.4 is 10.5 Å². The predicted octanol–water partition coefficient (Wildman–Crippen LogP) is 2.18. The van der Waals surface area contributed by atoms with Gasteiger partial charge >= 0.3 is 5.97 Å². The van der Waals surface area contributed by atoms with Gasteiger partial charge in [0.05, 0.1) is 18.7 Å². The summed E-state index contributed by atoms with van der Waals surface area (Å²) in [4.78, 5) is 11.3. The van der Waals surface area contributed by atoms with Crippen LogP contribution in [0.1, 0.15) is 16.7 Å². The van der Waals surface area contributed by atoms with E-state index in [0.717, 1.165) is 16.9 Å². The summed E-state index contributed by atoms with van der Waals surface area (Å²) in [5.41, 5.74) is 8.28. The number of hydrogen-bond acceptors (Lipinski definition) is 5. The van der Waals surface area contributed by atoms with Crippen LogP contribution in [0.3, 0.4) is 0 Å². The van der Waals surface area contributed by atoms with Crippen molar-refractivity contribution in [2.45, 2.75) is 19.1 Å². The average Bonchev–Trinajstić information content (AvgIpc) is 2.60. The summed E-state index contributed by atoms with van der Waals surface area (Å²) < 4.78 is 10.3. The molecule has 118 valence electrons. The Morgan fingerprint density at radius 1 is 1.13 bits per heavy atom. The molecule has 2 aromatic rings. The summed E-state index contributed by atoms with van der Waals surface area (Å²) in [5, 5.41) is 8.76. The third-order valence-electron chi connectivity index (χ3n) is 3.37. The van der Waals surface area contributed by atoms with E-state index in [9.17, 15) is 4.79 Å². The van der Waals surface area contributed by atoms with Crippen molar-refractivity contribution in [3.05, 3.63) is 65.2 Å². The Balaban J connectivity index is 1.89. The number of rotatable bonds is 6. The largest absolute Gasteiger partial charge is 0.489 e. The van der Waals surface area contributed by atoms with Gasteiger partial charge in [0, 0.05) is 0 Å². The number of nitriles is 1. The standard InChI is InChI=1S/C18H18N2O3/c1-22-18(21)17(20)10-13-6-8-16(9-7-13)23-12-15-4-2-14(11-19)3-5-15/h2-9,17H,10,12,20H2,1H3. The highest BCUT2D eigenvalue weighted by Crippen LogP contribution is 2.15. The van der Waals surface area contributed by atoms with Gasteiger partial charge in [-0.25, -0.2) is 0 Å². The molecular weight excluding hydrogens is 292 g/mol. The minimum absolute atomic E-state index is 0.419. The molecule has 2 rings (SSSR count). The van der Waals surface area contributed by atoms with Gasteiger partial charge in [0.25, 0.3) is 0 Å². The van der Waals surface area contributed by atoms with E-state index in [-0.39, 0.29) is 0 Å².